The van der Waals surface area contributed by atoms with Crippen molar-refractivity contribution < 1.29 is 14.3 Å². The lowest BCUT2D eigenvalue weighted by Gasteiger charge is -2.12. The summed E-state index contributed by atoms with van der Waals surface area (Å²) in [5, 5.41) is 0. The third-order valence-corrected chi connectivity index (χ3v) is 3.32. The smallest absolute Gasteiger partial charge is 0.246 e. The van der Waals surface area contributed by atoms with Crippen molar-refractivity contribution in [3.05, 3.63) is 29.8 Å². The molecule has 1 aromatic rings. The molecule has 1 aromatic carbocycles. The zero-order valence-electron chi connectivity index (χ0n) is 12.1. The number of amides is 1. The Morgan fingerprint density at radius 1 is 1.30 bits per heavy atom. The molecule has 20 heavy (non-hydrogen) atoms. The normalized spacial score (nSPS) is 14.8. The lowest BCUT2D eigenvalue weighted by molar-refractivity contribution is -0.124. The summed E-state index contributed by atoms with van der Waals surface area (Å²) in [7, 11) is 1.61. The molecule has 1 saturated heterocycles. The van der Waals surface area contributed by atoms with Crippen LogP contribution in [0, 0.1) is 0 Å². The van der Waals surface area contributed by atoms with Gasteiger partial charge in [-0.1, -0.05) is 6.07 Å². The highest BCUT2D eigenvalue weighted by Gasteiger charge is 2.15. The summed E-state index contributed by atoms with van der Waals surface area (Å²) in [4.78, 5) is 13.8. The summed E-state index contributed by atoms with van der Waals surface area (Å²) in [6.45, 7) is 4.27. The molecular weight excluding hydrogens is 254 g/mol. The Hall–Kier alpha value is -1.97. The molecule has 0 spiro atoms. The first kappa shape index (κ1) is 14.4. The van der Waals surface area contributed by atoms with E-state index >= 15 is 0 Å². The van der Waals surface area contributed by atoms with E-state index in [2.05, 4.69) is 0 Å². The second-order valence-electron chi connectivity index (χ2n) is 4.71. The van der Waals surface area contributed by atoms with Crippen LogP contribution in [-0.4, -0.2) is 37.6 Å². The predicted octanol–water partition coefficient (Wildman–Crippen LogP) is 2.73. The van der Waals surface area contributed by atoms with Crippen molar-refractivity contribution in [3.8, 4) is 11.5 Å². The minimum absolute atomic E-state index is 0.0790. The van der Waals surface area contributed by atoms with E-state index in [0.717, 1.165) is 37.2 Å². The topological polar surface area (TPSA) is 38.8 Å². The predicted molar refractivity (Wildman–Crippen MR) is 79.0 cm³/mol. The molecular formula is C16H21NO3. The molecule has 1 amide bonds. The first-order valence-electron chi connectivity index (χ1n) is 7.02. The molecule has 0 bridgehead atoms. The van der Waals surface area contributed by atoms with Crippen molar-refractivity contribution in [2.24, 2.45) is 0 Å². The van der Waals surface area contributed by atoms with E-state index in [-0.39, 0.29) is 5.91 Å². The molecule has 0 radical (unpaired) electrons. The van der Waals surface area contributed by atoms with Crippen molar-refractivity contribution >= 4 is 12.0 Å². The highest BCUT2D eigenvalue weighted by atomic mass is 16.5. The van der Waals surface area contributed by atoms with Gasteiger partial charge in [-0.25, -0.2) is 0 Å². The molecule has 1 fully saturated rings. The zero-order chi connectivity index (χ0) is 14.4. The van der Waals surface area contributed by atoms with Crippen LogP contribution in [0.3, 0.4) is 0 Å². The molecule has 0 aliphatic carbocycles. The number of ether oxygens (including phenoxy) is 2. The number of methoxy groups -OCH3 is 1. The standard InChI is InChI=1S/C16H21NO3/c1-3-20-14-8-6-13(12-15(14)19-2)7-9-16(18)17-10-4-5-11-17/h6-9,12H,3-5,10-11H2,1-2H3/b9-7+. The van der Waals surface area contributed by atoms with Crippen LogP contribution in [0.15, 0.2) is 24.3 Å². The number of likely N-dealkylation sites (tertiary alicyclic amines) is 1. The van der Waals surface area contributed by atoms with E-state index in [1.165, 1.54) is 0 Å². The fourth-order valence-corrected chi connectivity index (χ4v) is 2.27. The maximum absolute atomic E-state index is 11.9. The number of benzene rings is 1. The van der Waals surface area contributed by atoms with E-state index < -0.39 is 0 Å². The van der Waals surface area contributed by atoms with Gasteiger partial charge in [0, 0.05) is 19.2 Å². The largest absolute Gasteiger partial charge is 0.493 e. The summed E-state index contributed by atoms with van der Waals surface area (Å²) < 4.78 is 10.8. The lowest BCUT2D eigenvalue weighted by atomic mass is 10.2. The van der Waals surface area contributed by atoms with E-state index in [9.17, 15) is 4.79 Å². The van der Waals surface area contributed by atoms with Crippen LogP contribution in [0.5, 0.6) is 11.5 Å². The molecule has 0 saturated carbocycles. The van der Waals surface area contributed by atoms with Crippen LogP contribution in [0.4, 0.5) is 0 Å². The number of rotatable bonds is 5. The third-order valence-electron chi connectivity index (χ3n) is 3.32. The van der Waals surface area contributed by atoms with Crippen molar-refractivity contribution in [1.82, 2.24) is 4.90 Å². The van der Waals surface area contributed by atoms with Crippen molar-refractivity contribution in [2.75, 3.05) is 26.8 Å². The molecule has 0 aromatic heterocycles. The van der Waals surface area contributed by atoms with Gasteiger partial charge in [0.1, 0.15) is 0 Å². The molecule has 0 N–H and O–H groups in total. The van der Waals surface area contributed by atoms with Crippen LogP contribution in [0.25, 0.3) is 6.08 Å². The van der Waals surface area contributed by atoms with Gasteiger partial charge in [0.05, 0.1) is 13.7 Å². The number of hydrogen-bond acceptors (Lipinski definition) is 3. The number of carbonyl (C=O) groups is 1. The van der Waals surface area contributed by atoms with E-state index in [0.29, 0.717) is 12.4 Å². The molecule has 0 atom stereocenters. The summed E-state index contributed by atoms with van der Waals surface area (Å²) in [5.74, 6) is 1.48. The van der Waals surface area contributed by atoms with Gasteiger partial charge in [-0.15, -0.1) is 0 Å². The van der Waals surface area contributed by atoms with Crippen LogP contribution >= 0.6 is 0 Å². The molecule has 108 valence electrons. The second kappa shape index (κ2) is 6.98. The van der Waals surface area contributed by atoms with Crippen LogP contribution in [0.1, 0.15) is 25.3 Å². The van der Waals surface area contributed by atoms with Gasteiger partial charge >= 0.3 is 0 Å². The third kappa shape index (κ3) is 3.53. The fourth-order valence-electron chi connectivity index (χ4n) is 2.27. The monoisotopic (exact) mass is 275 g/mol. The average Bonchev–Trinajstić information content (AvgIpc) is 3.00. The molecule has 4 heteroatoms. The van der Waals surface area contributed by atoms with Crippen molar-refractivity contribution in [1.29, 1.82) is 0 Å². The van der Waals surface area contributed by atoms with E-state index in [4.69, 9.17) is 9.47 Å². The van der Waals surface area contributed by atoms with Gasteiger partial charge in [0.25, 0.3) is 0 Å². The Bertz CT molecular complexity index is 490. The Balaban J connectivity index is 2.06. The summed E-state index contributed by atoms with van der Waals surface area (Å²) in [6.07, 6.45) is 5.66. The van der Waals surface area contributed by atoms with Crippen LogP contribution in [-0.2, 0) is 4.79 Å². The van der Waals surface area contributed by atoms with Gasteiger partial charge in [-0.05, 0) is 43.5 Å². The summed E-state index contributed by atoms with van der Waals surface area (Å²) in [6, 6.07) is 5.66. The van der Waals surface area contributed by atoms with Crippen molar-refractivity contribution in [2.45, 2.75) is 19.8 Å². The Morgan fingerprint density at radius 2 is 2.05 bits per heavy atom. The fraction of sp³-hybridized carbons (Fsp3) is 0.438. The number of carbonyl (C=O) groups excluding carboxylic acids is 1. The zero-order valence-corrected chi connectivity index (χ0v) is 12.1. The Kier molecular flexibility index (Phi) is 5.04. The van der Waals surface area contributed by atoms with Gasteiger partial charge in [0.15, 0.2) is 11.5 Å². The summed E-state index contributed by atoms with van der Waals surface area (Å²) >= 11 is 0. The lowest BCUT2D eigenvalue weighted by Crippen LogP contribution is -2.25. The van der Waals surface area contributed by atoms with Crippen LogP contribution in [0.2, 0.25) is 0 Å². The van der Waals surface area contributed by atoms with Gasteiger partial charge in [0.2, 0.25) is 5.91 Å². The molecule has 4 nitrogen and oxygen atoms in total. The first-order valence-corrected chi connectivity index (χ1v) is 7.02. The Morgan fingerprint density at radius 3 is 2.70 bits per heavy atom. The van der Waals surface area contributed by atoms with Gasteiger partial charge < -0.3 is 14.4 Å². The number of hydrogen-bond donors (Lipinski definition) is 0. The molecule has 1 heterocycles. The maximum atomic E-state index is 11.9. The molecule has 1 aliphatic rings. The molecule has 2 rings (SSSR count). The molecule has 0 unspecified atom stereocenters. The maximum Gasteiger partial charge on any atom is 0.246 e. The van der Waals surface area contributed by atoms with E-state index in [1.807, 2.05) is 36.1 Å². The van der Waals surface area contributed by atoms with E-state index in [1.54, 1.807) is 13.2 Å². The van der Waals surface area contributed by atoms with Gasteiger partial charge in [-0.3, -0.25) is 4.79 Å². The first-order chi connectivity index (χ1) is 9.74. The molecule has 1 aliphatic heterocycles. The van der Waals surface area contributed by atoms with Crippen LogP contribution < -0.4 is 9.47 Å². The minimum atomic E-state index is 0.0790. The Labute approximate surface area is 120 Å². The highest BCUT2D eigenvalue weighted by molar-refractivity contribution is 5.92. The minimum Gasteiger partial charge on any atom is -0.493 e. The average molecular weight is 275 g/mol. The summed E-state index contributed by atoms with van der Waals surface area (Å²) in [5.41, 5.74) is 0.929. The van der Waals surface area contributed by atoms with Crippen molar-refractivity contribution in [3.63, 3.8) is 0 Å². The second-order valence-corrected chi connectivity index (χ2v) is 4.71. The SMILES string of the molecule is CCOc1ccc(/C=C/C(=O)N2CCCC2)cc1OC. The quantitative estimate of drug-likeness (QED) is 0.776. The highest BCUT2D eigenvalue weighted by Crippen LogP contribution is 2.28. The van der Waals surface area contributed by atoms with Gasteiger partial charge in [-0.2, -0.15) is 0 Å². The number of nitrogens with zero attached hydrogens (tertiary/aromatic N) is 1.